The molecule has 2 aromatic heterocycles. The van der Waals surface area contributed by atoms with Crippen molar-refractivity contribution in [1.82, 2.24) is 15.0 Å². The summed E-state index contributed by atoms with van der Waals surface area (Å²) >= 11 is 2.31. The molecule has 1 N–H and O–H groups in total. The van der Waals surface area contributed by atoms with Crippen molar-refractivity contribution in [2.45, 2.75) is 33.6 Å². The molecule has 0 amide bonds. The second-order valence-electron chi connectivity index (χ2n) is 4.94. The molecule has 4 nitrogen and oxygen atoms in total. The van der Waals surface area contributed by atoms with Gasteiger partial charge in [0, 0.05) is 12.2 Å². The molecule has 0 bridgehead atoms. The highest BCUT2D eigenvalue weighted by atomic mass is 127. The Hall–Kier alpha value is -1.24. The van der Waals surface area contributed by atoms with Crippen molar-refractivity contribution in [3.63, 3.8) is 0 Å². The Morgan fingerprint density at radius 3 is 2.55 bits per heavy atom. The Balaban J connectivity index is 2.58. The molecule has 2 aromatic rings. The number of halogens is 1. The fourth-order valence-electron chi connectivity index (χ4n) is 1.91. The molecule has 0 fully saturated rings. The molecular formula is C15H19IN4. The molecule has 0 aliphatic heterocycles. The van der Waals surface area contributed by atoms with Gasteiger partial charge in [0.05, 0.1) is 9.26 Å². The summed E-state index contributed by atoms with van der Waals surface area (Å²) in [6, 6.07) is 5.92. The van der Waals surface area contributed by atoms with Crippen LogP contribution in [0.25, 0.3) is 11.5 Å². The van der Waals surface area contributed by atoms with Gasteiger partial charge in [-0.25, -0.2) is 15.0 Å². The number of anilines is 1. The van der Waals surface area contributed by atoms with Crippen molar-refractivity contribution < 1.29 is 0 Å². The Labute approximate surface area is 133 Å². The fourth-order valence-corrected chi connectivity index (χ4v) is 2.97. The summed E-state index contributed by atoms with van der Waals surface area (Å²) in [5, 5.41) is 3.31. The topological polar surface area (TPSA) is 50.7 Å². The van der Waals surface area contributed by atoms with E-state index >= 15 is 0 Å². The third kappa shape index (κ3) is 3.26. The summed E-state index contributed by atoms with van der Waals surface area (Å²) in [5.74, 6) is 1.93. The number of nitrogens with one attached hydrogen (secondary N) is 1. The zero-order valence-electron chi connectivity index (χ0n) is 12.2. The van der Waals surface area contributed by atoms with Gasteiger partial charge in [-0.3, -0.25) is 0 Å². The first kappa shape index (κ1) is 15.2. The third-order valence-corrected chi connectivity index (χ3v) is 3.95. The van der Waals surface area contributed by atoms with Crippen LogP contribution in [0.15, 0.2) is 18.2 Å². The Bertz CT molecular complexity index is 611. The molecule has 0 unspecified atom stereocenters. The first-order chi connectivity index (χ1) is 9.52. The van der Waals surface area contributed by atoms with Crippen molar-refractivity contribution in [1.29, 1.82) is 0 Å². The Morgan fingerprint density at radius 2 is 1.95 bits per heavy atom. The van der Waals surface area contributed by atoms with Crippen LogP contribution in [0.5, 0.6) is 0 Å². The minimum Gasteiger partial charge on any atom is -0.369 e. The van der Waals surface area contributed by atoms with Crippen LogP contribution < -0.4 is 5.32 Å². The quantitative estimate of drug-likeness (QED) is 0.812. The van der Waals surface area contributed by atoms with Crippen molar-refractivity contribution in [2.75, 3.05) is 11.9 Å². The summed E-state index contributed by atoms with van der Waals surface area (Å²) in [5.41, 5.74) is 2.86. The van der Waals surface area contributed by atoms with Crippen LogP contribution in [0.4, 0.5) is 5.82 Å². The standard InChI is InChI=1S/C15H19IN4/c1-5-17-15-12(16)13(9(2)3)19-14(20-15)11-8-6-7-10(4)18-11/h6-9H,5H2,1-4H3,(H,17,19,20). The van der Waals surface area contributed by atoms with E-state index in [-0.39, 0.29) is 0 Å². The second-order valence-corrected chi connectivity index (χ2v) is 6.02. The smallest absolute Gasteiger partial charge is 0.180 e. The molecule has 0 radical (unpaired) electrons. The van der Waals surface area contributed by atoms with Crippen molar-refractivity contribution >= 4 is 28.4 Å². The van der Waals surface area contributed by atoms with Crippen LogP contribution in [0, 0.1) is 10.5 Å². The van der Waals surface area contributed by atoms with Crippen molar-refractivity contribution in [3.05, 3.63) is 33.2 Å². The predicted octanol–water partition coefficient (Wildman–Crippen LogP) is 4.01. The lowest BCUT2D eigenvalue weighted by Gasteiger charge is -2.14. The molecule has 0 spiro atoms. The molecule has 0 aliphatic carbocycles. The summed E-state index contributed by atoms with van der Waals surface area (Å²) in [4.78, 5) is 13.8. The van der Waals surface area contributed by atoms with Gasteiger partial charge >= 0.3 is 0 Å². The number of rotatable bonds is 4. The highest BCUT2D eigenvalue weighted by molar-refractivity contribution is 14.1. The van der Waals surface area contributed by atoms with Gasteiger partial charge in [-0.05, 0) is 54.5 Å². The minimum absolute atomic E-state index is 0.353. The first-order valence-electron chi connectivity index (χ1n) is 6.78. The van der Waals surface area contributed by atoms with Crippen LogP contribution in [0.1, 0.15) is 38.1 Å². The van der Waals surface area contributed by atoms with Crippen molar-refractivity contribution in [2.24, 2.45) is 0 Å². The molecule has 5 heteroatoms. The summed E-state index contributed by atoms with van der Waals surface area (Å²) in [6.07, 6.45) is 0. The second kappa shape index (κ2) is 6.47. The van der Waals surface area contributed by atoms with E-state index in [4.69, 9.17) is 4.98 Å². The van der Waals surface area contributed by atoms with Gasteiger partial charge in [-0.2, -0.15) is 0 Å². The Kier molecular flexibility index (Phi) is 4.91. The van der Waals surface area contributed by atoms with E-state index in [0.29, 0.717) is 11.7 Å². The lowest BCUT2D eigenvalue weighted by molar-refractivity contribution is 0.807. The third-order valence-electron chi connectivity index (χ3n) is 2.89. The van der Waals surface area contributed by atoms with Crippen LogP contribution in [0.2, 0.25) is 0 Å². The molecule has 20 heavy (non-hydrogen) atoms. The molecule has 2 heterocycles. The molecule has 106 valence electrons. The van der Waals surface area contributed by atoms with Gasteiger partial charge in [0.25, 0.3) is 0 Å². The van der Waals surface area contributed by atoms with Crippen LogP contribution >= 0.6 is 22.6 Å². The normalized spacial score (nSPS) is 10.9. The monoisotopic (exact) mass is 382 g/mol. The van der Waals surface area contributed by atoms with Crippen LogP contribution in [-0.2, 0) is 0 Å². The summed E-state index contributed by atoms with van der Waals surface area (Å²) in [7, 11) is 0. The molecule has 0 aliphatic rings. The lowest BCUT2D eigenvalue weighted by atomic mass is 10.1. The fraction of sp³-hybridized carbons (Fsp3) is 0.400. The number of nitrogens with zero attached hydrogens (tertiary/aromatic N) is 3. The molecule has 2 rings (SSSR count). The largest absolute Gasteiger partial charge is 0.369 e. The SMILES string of the molecule is CCNc1nc(-c2cccc(C)n2)nc(C(C)C)c1I. The molecule has 0 aromatic carbocycles. The highest BCUT2D eigenvalue weighted by Gasteiger charge is 2.16. The average Bonchev–Trinajstić information content (AvgIpc) is 2.41. The number of hydrogen-bond acceptors (Lipinski definition) is 4. The van der Waals surface area contributed by atoms with Gasteiger partial charge in [-0.1, -0.05) is 19.9 Å². The van der Waals surface area contributed by atoms with E-state index < -0.39 is 0 Å². The molecular weight excluding hydrogens is 363 g/mol. The minimum atomic E-state index is 0.353. The zero-order valence-corrected chi connectivity index (χ0v) is 14.4. The van der Waals surface area contributed by atoms with Gasteiger partial charge < -0.3 is 5.32 Å². The van der Waals surface area contributed by atoms with E-state index in [9.17, 15) is 0 Å². The predicted molar refractivity (Wildman–Crippen MR) is 91.0 cm³/mol. The van der Waals surface area contributed by atoms with E-state index in [1.165, 1.54) is 0 Å². The average molecular weight is 382 g/mol. The summed E-state index contributed by atoms with van der Waals surface area (Å²) in [6.45, 7) is 9.18. The maximum Gasteiger partial charge on any atom is 0.180 e. The lowest BCUT2D eigenvalue weighted by Crippen LogP contribution is -2.09. The zero-order chi connectivity index (χ0) is 14.7. The van der Waals surface area contributed by atoms with Crippen LogP contribution in [-0.4, -0.2) is 21.5 Å². The van der Waals surface area contributed by atoms with Gasteiger partial charge in [0.2, 0.25) is 0 Å². The summed E-state index contributed by atoms with van der Waals surface area (Å²) < 4.78 is 1.09. The maximum absolute atomic E-state index is 4.70. The molecule has 0 saturated carbocycles. The van der Waals surface area contributed by atoms with E-state index in [1.807, 2.05) is 25.1 Å². The molecule has 0 saturated heterocycles. The van der Waals surface area contributed by atoms with Gasteiger partial charge in [0.1, 0.15) is 11.5 Å². The van der Waals surface area contributed by atoms with E-state index in [2.05, 4.69) is 58.6 Å². The van der Waals surface area contributed by atoms with E-state index in [1.54, 1.807) is 0 Å². The van der Waals surface area contributed by atoms with Gasteiger partial charge in [-0.15, -0.1) is 0 Å². The first-order valence-corrected chi connectivity index (χ1v) is 7.86. The molecule has 0 atom stereocenters. The van der Waals surface area contributed by atoms with Crippen molar-refractivity contribution in [3.8, 4) is 11.5 Å². The van der Waals surface area contributed by atoms with Crippen LogP contribution in [0.3, 0.4) is 0 Å². The Morgan fingerprint density at radius 1 is 1.20 bits per heavy atom. The number of aryl methyl sites for hydroxylation is 1. The number of aromatic nitrogens is 3. The number of pyridine rings is 1. The highest BCUT2D eigenvalue weighted by Crippen LogP contribution is 2.27. The maximum atomic E-state index is 4.70. The van der Waals surface area contributed by atoms with Gasteiger partial charge in [0.15, 0.2) is 5.82 Å². The van der Waals surface area contributed by atoms with E-state index in [0.717, 1.165) is 33.0 Å². The number of hydrogen-bond donors (Lipinski definition) is 1.